The van der Waals surface area contributed by atoms with Gasteiger partial charge >= 0.3 is 0 Å². The third-order valence-electron chi connectivity index (χ3n) is 2.37. The van der Waals surface area contributed by atoms with Crippen LogP contribution in [0.1, 0.15) is 23.7 Å². The van der Waals surface area contributed by atoms with Crippen molar-refractivity contribution in [1.82, 2.24) is 0 Å². The number of carbonyl (C=O) groups excluding carboxylic acids is 1. The van der Waals surface area contributed by atoms with Crippen LogP contribution in [0.15, 0.2) is 16.6 Å². The van der Waals surface area contributed by atoms with Crippen molar-refractivity contribution in [2.45, 2.75) is 13.3 Å². The molecular weight excluding hydrogens is 348 g/mol. The van der Waals surface area contributed by atoms with Crippen LogP contribution < -0.4 is 9.47 Å². The molecule has 0 amide bonds. The van der Waals surface area contributed by atoms with E-state index < -0.39 is 9.84 Å². The van der Waals surface area contributed by atoms with E-state index in [4.69, 9.17) is 9.47 Å². The molecule has 0 aliphatic rings. The van der Waals surface area contributed by atoms with Crippen LogP contribution >= 0.6 is 15.9 Å². The number of carbonyl (C=O) groups is 1. The number of sulfone groups is 1. The first kappa shape index (κ1) is 17.0. The second-order valence-electron chi connectivity index (χ2n) is 4.21. The molecule has 0 saturated heterocycles. The van der Waals surface area contributed by atoms with Crippen LogP contribution in [0.5, 0.6) is 11.5 Å². The van der Waals surface area contributed by atoms with Crippen molar-refractivity contribution in [3.63, 3.8) is 0 Å². The van der Waals surface area contributed by atoms with Crippen molar-refractivity contribution in [3.8, 4) is 11.5 Å². The van der Waals surface area contributed by atoms with E-state index in [0.717, 1.165) is 6.29 Å². The van der Waals surface area contributed by atoms with Crippen molar-refractivity contribution < 1.29 is 22.7 Å². The van der Waals surface area contributed by atoms with Crippen LogP contribution in [0.25, 0.3) is 0 Å². The van der Waals surface area contributed by atoms with Crippen LogP contribution in [-0.4, -0.2) is 39.9 Å². The lowest BCUT2D eigenvalue weighted by molar-refractivity contribution is 0.112. The van der Waals surface area contributed by atoms with E-state index in [0.29, 0.717) is 34.6 Å². The fraction of sp³-hybridized carbons (Fsp3) is 0.462. The van der Waals surface area contributed by atoms with E-state index in [1.54, 1.807) is 12.1 Å². The van der Waals surface area contributed by atoms with Gasteiger partial charge in [-0.15, -0.1) is 0 Å². The number of hydrogen-bond donors (Lipinski definition) is 0. The maximum atomic E-state index is 11.0. The third-order valence-corrected chi connectivity index (χ3v) is 3.99. The number of rotatable bonds is 8. The summed E-state index contributed by atoms with van der Waals surface area (Å²) in [5.74, 6) is 1.01. The van der Waals surface area contributed by atoms with E-state index in [9.17, 15) is 13.2 Å². The zero-order valence-corrected chi connectivity index (χ0v) is 13.8. The van der Waals surface area contributed by atoms with Crippen molar-refractivity contribution in [3.05, 3.63) is 22.2 Å². The van der Waals surface area contributed by atoms with E-state index in [-0.39, 0.29) is 12.4 Å². The van der Waals surface area contributed by atoms with Crippen molar-refractivity contribution in [2.24, 2.45) is 0 Å². The SMILES string of the molecule is CCOc1cc(C=O)cc(Br)c1OCCCS(C)(=O)=O. The summed E-state index contributed by atoms with van der Waals surface area (Å²) < 4.78 is 33.7. The van der Waals surface area contributed by atoms with Gasteiger partial charge in [0.15, 0.2) is 11.5 Å². The fourth-order valence-electron chi connectivity index (χ4n) is 1.55. The van der Waals surface area contributed by atoms with Gasteiger partial charge in [0, 0.05) is 11.8 Å². The average molecular weight is 365 g/mol. The van der Waals surface area contributed by atoms with Gasteiger partial charge in [-0.1, -0.05) is 0 Å². The van der Waals surface area contributed by atoms with E-state index in [1.807, 2.05) is 6.92 Å². The Bertz CT molecular complexity index is 568. The zero-order valence-electron chi connectivity index (χ0n) is 11.4. The Morgan fingerprint density at radius 3 is 2.55 bits per heavy atom. The minimum absolute atomic E-state index is 0.0704. The monoisotopic (exact) mass is 364 g/mol. The Morgan fingerprint density at radius 2 is 2.00 bits per heavy atom. The second kappa shape index (κ2) is 7.64. The fourth-order valence-corrected chi connectivity index (χ4v) is 2.77. The lowest BCUT2D eigenvalue weighted by atomic mass is 10.2. The number of hydrogen-bond acceptors (Lipinski definition) is 5. The van der Waals surface area contributed by atoms with Gasteiger partial charge < -0.3 is 9.47 Å². The molecule has 0 bridgehead atoms. The Kier molecular flexibility index (Phi) is 6.48. The van der Waals surface area contributed by atoms with Crippen LogP contribution in [0.4, 0.5) is 0 Å². The molecule has 0 aromatic heterocycles. The summed E-state index contributed by atoms with van der Waals surface area (Å²) in [5, 5.41) is 0. The average Bonchev–Trinajstić information content (AvgIpc) is 2.35. The standard InChI is InChI=1S/C13H17BrO5S/c1-3-18-12-8-10(9-15)7-11(14)13(12)19-5-4-6-20(2,16)17/h7-9H,3-6H2,1-2H3. The summed E-state index contributed by atoms with van der Waals surface area (Å²) in [6, 6.07) is 3.22. The molecule has 0 fully saturated rings. The molecule has 0 radical (unpaired) electrons. The third kappa shape index (κ3) is 5.50. The van der Waals surface area contributed by atoms with Gasteiger partial charge in [0.2, 0.25) is 0 Å². The highest BCUT2D eigenvalue weighted by Gasteiger charge is 2.12. The highest BCUT2D eigenvalue weighted by Crippen LogP contribution is 2.36. The molecule has 20 heavy (non-hydrogen) atoms. The minimum Gasteiger partial charge on any atom is -0.490 e. The van der Waals surface area contributed by atoms with Crippen molar-refractivity contribution in [1.29, 1.82) is 0 Å². The Hall–Kier alpha value is -1.08. The molecule has 0 aliphatic carbocycles. The first-order valence-electron chi connectivity index (χ1n) is 6.09. The molecule has 1 aromatic rings. The maximum Gasteiger partial charge on any atom is 0.175 e. The Balaban J connectivity index is 2.79. The molecule has 0 N–H and O–H groups in total. The molecule has 0 aliphatic heterocycles. The first-order chi connectivity index (χ1) is 9.37. The lowest BCUT2D eigenvalue weighted by Crippen LogP contribution is -2.09. The minimum atomic E-state index is -2.99. The van der Waals surface area contributed by atoms with Gasteiger partial charge in [0.05, 0.1) is 23.4 Å². The molecule has 1 rings (SSSR count). The number of ether oxygens (including phenoxy) is 2. The van der Waals surface area contributed by atoms with Gasteiger partial charge in [-0.3, -0.25) is 4.79 Å². The van der Waals surface area contributed by atoms with Gasteiger partial charge in [-0.05, 0) is 41.4 Å². The van der Waals surface area contributed by atoms with E-state index in [1.165, 1.54) is 6.26 Å². The van der Waals surface area contributed by atoms with Crippen LogP contribution in [0.3, 0.4) is 0 Å². The molecule has 1 aromatic carbocycles. The summed E-state index contributed by atoms with van der Waals surface area (Å²) in [6.45, 7) is 2.52. The number of halogens is 1. The molecular formula is C13H17BrO5S. The topological polar surface area (TPSA) is 69.7 Å². The van der Waals surface area contributed by atoms with E-state index >= 15 is 0 Å². The predicted molar refractivity (Wildman–Crippen MR) is 80.5 cm³/mol. The highest BCUT2D eigenvalue weighted by atomic mass is 79.9. The molecule has 112 valence electrons. The highest BCUT2D eigenvalue weighted by molar-refractivity contribution is 9.10. The summed E-state index contributed by atoms with van der Waals surface area (Å²) in [7, 11) is -2.99. The van der Waals surface area contributed by atoms with Crippen LogP contribution in [-0.2, 0) is 9.84 Å². The van der Waals surface area contributed by atoms with Crippen LogP contribution in [0, 0.1) is 0 Å². The summed E-state index contributed by atoms with van der Waals surface area (Å²) in [6.07, 6.45) is 2.31. The maximum absolute atomic E-state index is 11.0. The second-order valence-corrected chi connectivity index (χ2v) is 7.33. The molecule has 0 heterocycles. The van der Waals surface area contributed by atoms with Crippen LogP contribution in [0.2, 0.25) is 0 Å². The smallest absolute Gasteiger partial charge is 0.175 e. The van der Waals surface area contributed by atoms with Gasteiger partial charge in [-0.25, -0.2) is 8.42 Å². The Labute approximate surface area is 127 Å². The van der Waals surface area contributed by atoms with Gasteiger partial charge in [0.25, 0.3) is 0 Å². The van der Waals surface area contributed by atoms with E-state index in [2.05, 4.69) is 15.9 Å². The zero-order chi connectivity index (χ0) is 15.2. The summed E-state index contributed by atoms with van der Waals surface area (Å²) >= 11 is 3.32. The molecule has 0 spiro atoms. The molecule has 0 atom stereocenters. The normalized spacial score (nSPS) is 11.2. The Morgan fingerprint density at radius 1 is 1.30 bits per heavy atom. The summed E-state index contributed by atoms with van der Waals surface area (Å²) in [4.78, 5) is 10.8. The molecule has 0 unspecified atom stereocenters. The first-order valence-corrected chi connectivity index (χ1v) is 8.94. The largest absolute Gasteiger partial charge is 0.490 e. The predicted octanol–water partition coefficient (Wildman–Crippen LogP) is 2.47. The quantitative estimate of drug-likeness (QED) is 0.523. The number of aldehydes is 1. The molecule has 7 heteroatoms. The van der Waals surface area contributed by atoms with Gasteiger partial charge in [-0.2, -0.15) is 0 Å². The van der Waals surface area contributed by atoms with Gasteiger partial charge in [0.1, 0.15) is 16.1 Å². The lowest BCUT2D eigenvalue weighted by Gasteiger charge is -2.14. The summed E-state index contributed by atoms with van der Waals surface area (Å²) in [5.41, 5.74) is 0.476. The number of benzene rings is 1. The molecule has 5 nitrogen and oxygen atoms in total. The van der Waals surface area contributed by atoms with Crippen molar-refractivity contribution >= 4 is 32.1 Å². The molecule has 0 saturated carbocycles. The van der Waals surface area contributed by atoms with Crippen molar-refractivity contribution in [2.75, 3.05) is 25.2 Å².